The fraction of sp³-hybridized carbons (Fsp3) is 0.192. The van der Waals surface area contributed by atoms with Crippen molar-refractivity contribution in [3.05, 3.63) is 95.8 Å². The molecule has 4 rings (SSSR count). The Morgan fingerprint density at radius 2 is 1.50 bits per heavy atom. The number of benzene rings is 3. The second-order valence-corrected chi connectivity index (χ2v) is 8.36. The minimum Gasteiger partial charge on any atom is -0.355 e. The molecule has 0 saturated heterocycles. The van der Waals surface area contributed by atoms with Gasteiger partial charge in [0.05, 0.1) is 17.4 Å². The van der Waals surface area contributed by atoms with Crippen molar-refractivity contribution in [1.82, 2.24) is 15.3 Å². The average Bonchev–Trinajstić information content (AvgIpc) is 3.27. The topological polar surface area (TPSA) is 86.9 Å². The van der Waals surface area contributed by atoms with Crippen molar-refractivity contribution in [2.75, 3.05) is 12.4 Å². The standard InChI is InChI=1S/C14H11N3O.C12H17NO/c18-14(10-4-2-1-3-5-10)17-11-6-7-12-13(8-11)16-9-15-12;1-12(2,3)10-7-5-9(6-8-10)11(14)13-4/h1-9H,(H,15,16)(H,17,18);5-8H,1-4H3,(H,13,14). The zero-order valence-electron chi connectivity index (χ0n) is 18.8. The number of carbonyl (C=O) groups excluding carboxylic acids is 2. The molecule has 0 saturated carbocycles. The van der Waals surface area contributed by atoms with Crippen LogP contribution in [0, 0.1) is 0 Å². The number of fused-ring (bicyclic) bond motifs is 1. The summed E-state index contributed by atoms with van der Waals surface area (Å²) in [6.07, 6.45) is 1.63. The van der Waals surface area contributed by atoms with E-state index in [2.05, 4.69) is 41.4 Å². The number of rotatable bonds is 3. The number of nitrogens with one attached hydrogen (secondary N) is 3. The Morgan fingerprint density at radius 3 is 2.12 bits per heavy atom. The van der Waals surface area contributed by atoms with Crippen molar-refractivity contribution in [3.8, 4) is 0 Å². The van der Waals surface area contributed by atoms with E-state index < -0.39 is 0 Å². The molecule has 1 heterocycles. The van der Waals surface area contributed by atoms with E-state index in [9.17, 15) is 9.59 Å². The monoisotopic (exact) mass is 428 g/mol. The number of hydrogen-bond acceptors (Lipinski definition) is 3. The van der Waals surface area contributed by atoms with Crippen LogP contribution in [-0.4, -0.2) is 28.8 Å². The van der Waals surface area contributed by atoms with E-state index in [1.807, 2.05) is 60.7 Å². The van der Waals surface area contributed by atoms with Gasteiger partial charge < -0.3 is 15.6 Å². The lowest BCUT2D eigenvalue weighted by atomic mass is 9.87. The van der Waals surface area contributed by atoms with Gasteiger partial charge in [0.1, 0.15) is 0 Å². The molecule has 164 valence electrons. The lowest BCUT2D eigenvalue weighted by molar-refractivity contribution is 0.0962. The second-order valence-electron chi connectivity index (χ2n) is 8.36. The molecule has 0 aliphatic rings. The summed E-state index contributed by atoms with van der Waals surface area (Å²) in [5, 5.41) is 5.45. The van der Waals surface area contributed by atoms with Crippen LogP contribution < -0.4 is 10.6 Å². The van der Waals surface area contributed by atoms with E-state index >= 15 is 0 Å². The summed E-state index contributed by atoms with van der Waals surface area (Å²) in [6.45, 7) is 6.46. The van der Waals surface area contributed by atoms with Crippen LogP contribution in [0.25, 0.3) is 11.0 Å². The van der Waals surface area contributed by atoms with Gasteiger partial charge in [-0.3, -0.25) is 9.59 Å². The van der Waals surface area contributed by atoms with Crippen molar-refractivity contribution in [2.24, 2.45) is 0 Å². The molecule has 0 radical (unpaired) electrons. The summed E-state index contributed by atoms with van der Waals surface area (Å²) in [4.78, 5) is 30.4. The maximum Gasteiger partial charge on any atom is 0.255 e. The quantitative estimate of drug-likeness (QED) is 0.421. The third-order valence-corrected chi connectivity index (χ3v) is 4.95. The van der Waals surface area contributed by atoms with E-state index in [1.54, 1.807) is 25.5 Å². The van der Waals surface area contributed by atoms with Crippen molar-refractivity contribution in [1.29, 1.82) is 0 Å². The maximum atomic E-state index is 12.0. The fourth-order valence-electron chi connectivity index (χ4n) is 3.07. The van der Waals surface area contributed by atoms with E-state index in [1.165, 1.54) is 5.56 Å². The SMILES string of the molecule is CNC(=O)c1ccc(C(C)(C)C)cc1.O=C(Nc1ccc2nc[nH]c2c1)c1ccccc1. The molecule has 32 heavy (non-hydrogen) atoms. The number of aromatic nitrogens is 2. The lowest BCUT2D eigenvalue weighted by Gasteiger charge is -2.18. The zero-order valence-corrected chi connectivity index (χ0v) is 18.8. The van der Waals surface area contributed by atoms with Gasteiger partial charge in [0.15, 0.2) is 0 Å². The normalized spacial score (nSPS) is 10.8. The largest absolute Gasteiger partial charge is 0.355 e. The zero-order chi connectivity index (χ0) is 23.1. The Balaban J connectivity index is 0.000000188. The molecule has 0 bridgehead atoms. The summed E-state index contributed by atoms with van der Waals surface area (Å²) >= 11 is 0. The molecule has 2 amide bonds. The minimum absolute atomic E-state index is 0.0366. The van der Waals surface area contributed by atoms with Crippen LogP contribution in [0.5, 0.6) is 0 Å². The first-order valence-corrected chi connectivity index (χ1v) is 10.4. The van der Waals surface area contributed by atoms with E-state index in [4.69, 9.17) is 0 Å². The molecule has 0 aliphatic heterocycles. The number of hydrogen-bond donors (Lipinski definition) is 3. The van der Waals surface area contributed by atoms with Crippen molar-refractivity contribution in [3.63, 3.8) is 0 Å². The van der Waals surface area contributed by atoms with Gasteiger partial charge in [-0.25, -0.2) is 4.98 Å². The number of amides is 2. The molecular weight excluding hydrogens is 400 g/mol. The molecule has 0 fully saturated rings. The highest BCUT2D eigenvalue weighted by atomic mass is 16.2. The molecule has 6 heteroatoms. The summed E-state index contributed by atoms with van der Waals surface area (Å²) in [5.74, 6) is -0.153. The molecule has 1 aromatic heterocycles. The highest BCUT2D eigenvalue weighted by Gasteiger charge is 2.13. The van der Waals surface area contributed by atoms with Crippen molar-refractivity contribution in [2.45, 2.75) is 26.2 Å². The van der Waals surface area contributed by atoms with Gasteiger partial charge in [0, 0.05) is 23.9 Å². The predicted molar refractivity (Wildman–Crippen MR) is 129 cm³/mol. The van der Waals surface area contributed by atoms with Crippen LogP contribution in [0.1, 0.15) is 47.1 Å². The van der Waals surface area contributed by atoms with Gasteiger partial charge in [0.25, 0.3) is 11.8 Å². The van der Waals surface area contributed by atoms with Gasteiger partial charge >= 0.3 is 0 Å². The van der Waals surface area contributed by atoms with E-state index in [0.717, 1.165) is 16.7 Å². The highest BCUT2D eigenvalue weighted by Crippen LogP contribution is 2.22. The van der Waals surface area contributed by atoms with Crippen molar-refractivity contribution < 1.29 is 9.59 Å². The van der Waals surface area contributed by atoms with Crippen LogP contribution in [0.3, 0.4) is 0 Å². The second kappa shape index (κ2) is 9.92. The third-order valence-electron chi connectivity index (χ3n) is 4.95. The summed E-state index contributed by atoms with van der Waals surface area (Å²) in [5.41, 5.74) is 5.27. The summed E-state index contributed by atoms with van der Waals surface area (Å²) in [6, 6.07) is 22.4. The third kappa shape index (κ3) is 5.82. The summed E-state index contributed by atoms with van der Waals surface area (Å²) in [7, 11) is 1.64. The number of carbonyl (C=O) groups is 2. The molecule has 6 nitrogen and oxygen atoms in total. The number of imidazole rings is 1. The van der Waals surface area contributed by atoms with Crippen LogP contribution in [-0.2, 0) is 5.41 Å². The first-order valence-electron chi connectivity index (χ1n) is 10.4. The Bertz CT molecular complexity index is 1190. The molecule has 3 N–H and O–H groups in total. The lowest BCUT2D eigenvalue weighted by Crippen LogP contribution is -2.18. The van der Waals surface area contributed by atoms with Crippen LogP contribution in [0.2, 0.25) is 0 Å². The molecule has 0 unspecified atom stereocenters. The van der Waals surface area contributed by atoms with Gasteiger partial charge in [0.2, 0.25) is 0 Å². The molecule has 0 aliphatic carbocycles. The minimum atomic E-state index is -0.116. The number of H-pyrrole nitrogens is 1. The molecule has 0 spiro atoms. The fourth-order valence-corrected chi connectivity index (χ4v) is 3.07. The van der Waals surface area contributed by atoms with Crippen molar-refractivity contribution >= 4 is 28.5 Å². The van der Waals surface area contributed by atoms with Gasteiger partial charge in [-0.15, -0.1) is 0 Å². The predicted octanol–water partition coefficient (Wildman–Crippen LogP) is 5.16. The van der Waals surface area contributed by atoms with Crippen LogP contribution >= 0.6 is 0 Å². The van der Waals surface area contributed by atoms with E-state index in [0.29, 0.717) is 11.1 Å². The Labute approximate surface area is 188 Å². The van der Waals surface area contributed by atoms with Gasteiger partial charge in [-0.1, -0.05) is 51.1 Å². The Kier molecular flexibility index (Phi) is 7.05. The molecular formula is C26H28N4O2. The molecule has 4 aromatic rings. The smallest absolute Gasteiger partial charge is 0.255 e. The number of nitrogens with zero attached hydrogens (tertiary/aromatic N) is 1. The highest BCUT2D eigenvalue weighted by molar-refractivity contribution is 6.04. The van der Waals surface area contributed by atoms with Crippen LogP contribution in [0.15, 0.2) is 79.1 Å². The average molecular weight is 429 g/mol. The van der Waals surface area contributed by atoms with Gasteiger partial charge in [-0.05, 0) is 53.4 Å². The first-order chi connectivity index (χ1) is 15.3. The first kappa shape index (κ1) is 22.7. The Hall–Kier alpha value is -3.93. The number of aromatic amines is 1. The molecule has 0 atom stereocenters. The van der Waals surface area contributed by atoms with Gasteiger partial charge in [-0.2, -0.15) is 0 Å². The number of anilines is 1. The van der Waals surface area contributed by atoms with E-state index in [-0.39, 0.29) is 17.2 Å². The maximum absolute atomic E-state index is 12.0. The summed E-state index contributed by atoms with van der Waals surface area (Å²) < 4.78 is 0. The molecule has 3 aromatic carbocycles. The van der Waals surface area contributed by atoms with Crippen LogP contribution in [0.4, 0.5) is 5.69 Å². The Morgan fingerprint density at radius 1 is 0.844 bits per heavy atom.